The predicted molar refractivity (Wildman–Crippen MR) is 143 cm³/mol. The number of methoxy groups -OCH3 is 1. The number of amides is 1. The Morgan fingerprint density at radius 2 is 1.95 bits per heavy atom. The number of nitrogens with one attached hydrogen (secondary N) is 2. The number of anilines is 1. The van der Waals surface area contributed by atoms with E-state index in [1.54, 1.807) is 11.7 Å². The van der Waals surface area contributed by atoms with Crippen LogP contribution in [-0.4, -0.2) is 69.5 Å². The van der Waals surface area contributed by atoms with E-state index in [1.165, 1.54) is 19.7 Å². The molecule has 5 rings (SSSR count). The summed E-state index contributed by atoms with van der Waals surface area (Å²) >= 11 is 0. The van der Waals surface area contributed by atoms with Gasteiger partial charge in [0.2, 0.25) is 0 Å². The third kappa shape index (κ3) is 5.48. The van der Waals surface area contributed by atoms with E-state index in [0.29, 0.717) is 48.1 Å². The van der Waals surface area contributed by atoms with Crippen molar-refractivity contribution in [2.24, 2.45) is 5.73 Å². The number of aliphatic hydroxyl groups excluding tert-OH is 1. The smallest absolute Gasteiger partial charge is 0.250 e. The molecule has 2 aromatic heterocycles. The quantitative estimate of drug-likeness (QED) is 0.235. The molecule has 204 valence electrons. The Morgan fingerprint density at radius 3 is 2.72 bits per heavy atom. The fraction of sp³-hybridized carbons (Fsp3) is 0.333. The number of hydrogen-bond acceptors (Lipinski definition) is 10. The molecule has 12 nitrogen and oxygen atoms in total. The van der Waals surface area contributed by atoms with E-state index in [4.69, 9.17) is 19.9 Å². The van der Waals surface area contributed by atoms with Gasteiger partial charge in [0, 0.05) is 13.6 Å². The van der Waals surface area contributed by atoms with E-state index in [2.05, 4.69) is 25.6 Å². The minimum Gasteiger partial charge on any atom is -0.493 e. The van der Waals surface area contributed by atoms with Crippen molar-refractivity contribution in [3.05, 3.63) is 72.3 Å². The predicted octanol–water partition coefficient (Wildman–Crippen LogP) is 1.40. The number of rotatable bonds is 10. The average Bonchev–Trinajstić information content (AvgIpc) is 3.53. The number of ether oxygens (including phenoxy) is 3. The zero-order chi connectivity index (χ0) is 27.4. The molecule has 1 amide bonds. The van der Waals surface area contributed by atoms with Crippen LogP contribution >= 0.6 is 0 Å². The van der Waals surface area contributed by atoms with Gasteiger partial charge in [-0.05, 0) is 29.7 Å². The van der Waals surface area contributed by atoms with Gasteiger partial charge in [0.25, 0.3) is 5.91 Å². The summed E-state index contributed by atoms with van der Waals surface area (Å²) in [5.41, 5.74) is 9.11. The van der Waals surface area contributed by atoms with Crippen molar-refractivity contribution in [2.45, 2.75) is 37.5 Å². The molecule has 0 saturated carbocycles. The standard InChI is InChI=1S/C27H31N7O5/c1-29-26(36)23-20(28)22(35)27(39-23)34-15-33-21-24(31-14-32-25(21)34)30-11-10-16-8-9-18(37-2)19(12-16)38-13-17-6-4-3-5-7-17/h3-9,12,14-15,20,22-23,27,35H,10-11,13,28H2,1-2H3,(H,29,36)(H,30,31,32)/t20-,22+,23-,27+/m0/s1. The Balaban J connectivity index is 1.26. The van der Waals surface area contributed by atoms with Crippen LogP contribution < -0.4 is 25.8 Å². The van der Waals surface area contributed by atoms with E-state index in [-0.39, 0.29) is 0 Å². The first-order valence-electron chi connectivity index (χ1n) is 12.6. The SMILES string of the molecule is CNC(=O)[C@H]1O[C@@H](n2cnc3c(NCCc4ccc(OC)c(OCc5ccccc5)c4)ncnc32)[C@H](O)[C@@H]1N. The monoisotopic (exact) mass is 533 g/mol. The number of benzene rings is 2. The molecule has 39 heavy (non-hydrogen) atoms. The molecule has 3 heterocycles. The minimum absolute atomic E-state index is 0.405. The van der Waals surface area contributed by atoms with Crippen molar-refractivity contribution in [1.29, 1.82) is 0 Å². The van der Waals surface area contributed by atoms with Gasteiger partial charge in [-0.25, -0.2) is 15.0 Å². The van der Waals surface area contributed by atoms with Crippen LogP contribution in [0.4, 0.5) is 5.82 Å². The number of nitrogens with zero attached hydrogens (tertiary/aromatic N) is 4. The highest BCUT2D eigenvalue weighted by Crippen LogP contribution is 2.32. The maximum atomic E-state index is 12.1. The van der Waals surface area contributed by atoms with E-state index in [1.807, 2.05) is 48.5 Å². The summed E-state index contributed by atoms with van der Waals surface area (Å²) in [6, 6.07) is 14.9. The van der Waals surface area contributed by atoms with Crippen molar-refractivity contribution in [3.8, 4) is 11.5 Å². The Labute approximate surface area is 225 Å². The summed E-state index contributed by atoms with van der Waals surface area (Å²) in [5.74, 6) is 1.47. The number of nitrogens with two attached hydrogens (primary N) is 1. The average molecular weight is 534 g/mol. The van der Waals surface area contributed by atoms with Crippen LogP contribution in [0.25, 0.3) is 11.2 Å². The highest BCUT2D eigenvalue weighted by atomic mass is 16.5. The van der Waals surface area contributed by atoms with Crippen LogP contribution in [0.15, 0.2) is 61.2 Å². The largest absolute Gasteiger partial charge is 0.493 e. The Hall–Kier alpha value is -4.26. The first-order chi connectivity index (χ1) is 19.0. The first kappa shape index (κ1) is 26.4. The second kappa shape index (κ2) is 11.6. The topological polar surface area (TPSA) is 159 Å². The number of imidazole rings is 1. The summed E-state index contributed by atoms with van der Waals surface area (Å²) < 4.78 is 18.8. The lowest BCUT2D eigenvalue weighted by atomic mass is 10.1. The molecule has 2 aromatic carbocycles. The van der Waals surface area contributed by atoms with Crippen LogP contribution in [0.3, 0.4) is 0 Å². The number of hydrogen-bond donors (Lipinski definition) is 4. The van der Waals surface area contributed by atoms with Gasteiger partial charge in [-0.1, -0.05) is 36.4 Å². The van der Waals surface area contributed by atoms with Gasteiger partial charge in [-0.15, -0.1) is 0 Å². The first-order valence-corrected chi connectivity index (χ1v) is 12.6. The molecular weight excluding hydrogens is 502 g/mol. The maximum Gasteiger partial charge on any atom is 0.250 e. The van der Waals surface area contributed by atoms with Gasteiger partial charge in [0.1, 0.15) is 19.0 Å². The number of aromatic nitrogens is 4. The Morgan fingerprint density at radius 1 is 1.13 bits per heavy atom. The van der Waals surface area contributed by atoms with Crippen molar-refractivity contribution < 1.29 is 24.1 Å². The summed E-state index contributed by atoms with van der Waals surface area (Å²) in [5, 5.41) is 16.5. The third-order valence-corrected chi connectivity index (χ3v) is 6.63. The molecule has 0 radical (unpaired) electrons. The van der Waals surface area contributed by atoms with Crippen molar-refractivity contribution in [1.82, 2.24) is 24.8 Å². The number of carbonyl (C=O) groups excluding carboxylic acids is 1. The van der Waals surface area contributed by atoms with E-state index in [9.17, 15) is 9.90 Å². The van der Waals surface area contributed by atoms with Gasteiger partial charge in [0.15, 0.2) is 40.8 Å². The molecule has 0 unspecified atom stereocenters. The third-order valence-electron chi connectivity index (χ3n) is 6.63. The lowest BCUT2D eigenvalue weighted by Gasteiger charge is -2.16. The van der Waals surface area contributed by atoms with Gasteiger partial charge < -0.3 is 35.7 Å². The number of fused-ring (bicyclic) bond motifs is 1. The van der Waals surface area contributed by atoms with Crippen molar-refractivity contribution in [3.63, 3.8) is 0 Å². The van der Waals surface area contributed by atoms with Crippen LogP contribution in [0.2, 0.25) is 0 Å². The molecule has 4 aromatic rings. The highest BCUT2D eigenvalue weighted by molar-refractivity contribution is 5.83. The zero-order valence-corrected chi connectivity index (χ0v) is 21.7. The molecule has 4 atom stereocenters. The molecular formula is C27H31N7O5. The van der Waals surface area contributed by atoms with E-state index in [0.717, 1.165) is 11.1 Å². The summed E-state index contributed by atoms with van der Waals surface area (Å²) in [4.78, 5) is 25.2. The summed E-state index contributed by atoms with van der Waals surface area (Å²) in [7, 11) is 3.11. The normalized spacial score (nSPS) is 20.6. The van der Waals surface area contributed by atoms with Crippen molar-refractivity contribution in [2.75, 3.05) is 26.0 Å². The van der Waals surface area contributed by atoms with E-state index < -0.39 is 30.4 Å². The van der Waals surface area contributed by atoms with Gasteiger partial charge in [-0.3, -0.25) is 9.36 Å². The van der Waals surface area contributed by atoms with Crippen LogP contribution in [0.5, 0.6) is 11.5 Å². The van der Waals surface area contributed by atoms with Crippen LogP contribution in [0, 0.1) is 0 Å². The lowest BCUT2D eigenvalue weighted by molar-refractivity contribution is -0.134. The van der Waals surface area contributed by atoms with Crippen LogP contribution in [0.1, 0.15) is 17.4 Å². The summed E-state index contributed by atoms with van der Waals surface area (Å²) in [6.07, 6.45) is 0.567. The Kier molecular flexibility index (Phi) is 7.87. The molecule has 12 heteroatoms. The molecule has 1 saturated heterocycles. The molecule has 0 bridgehead atoms. The zero-order valence-electron chi connectivity index (χ0n) is 21.7. The van der Waals surface area contributed by atoms with Gasteiger partial charge in [0.05, 0.1) is 19.5 Å². The number of aliphatic hydroxyl groups is 1. The van der Waals surface area contributed by atoms with Gasteiger partial charge >= 0.3 is 0 Å². The second-order valence-electron chi connectivity index (χ2n) is 9.11. The Bertz CT molecular complexity index is 1430. The molecule has 1 aliphatic heterocycles. The van der Waals surface area contributed by atoms with Crippen molar-refractivity contribution >= 4 is 22.9 Å². The molecule has 0 spiro atoms. The van der Waals surface area contributed by atoms with Crippen LogP contribution in [-0.2, 0) is 22.6 Å². The fourth-order valence-corrected chi connectivity index (χ4v) is 4.52. The molecule has 1 aliphatic rings. The minimum atomic E-state index is -1.12. The fourth-order valence-electron chi connectivity index (χ4n) is 4.52. The van der Waals surface area contributed by atoms with E-state index >= 15 is 0 Å². The molecule has 1 fully saturated rings. The lowest BCUT2D eigenvalue weighted by Crippen LogP contribution is -2.46. The van der Waals surface area contributed by atoms with Gasteiger partial charge in [-0.2, -0.15) is 0 Å². The maximum absolute atomic E-state index is 12.1. The second-order valence-corrected chi connectivity index (χ2v) is 9.11. The molecule has 5 N–H and O–H groups in total. The highest BCUT2D eigenvalue weighted by Gasteiger charge is 2.46. The number of carbonyl (C=O) groups is 1. The number of likely N-dealkylation sites (N-methyl/N-ethyl adjacent to an activating group) is 1. The summed E-state index contributed by atoms with van der Waals surface area (Å²) in [6.45, 7) is 1.00. The molecule has 0 aliphatic carbocycles.